The highest BCUT2D eigenvalue weighted by Gasteiger charge is 2.28. The van der Waals surface area contributed by atoms with Gasteiger partial charge in [0.15, 0.2) is 17.3 Å². The highest BCUT2D eigenvalue weighted by molar-refractivity contribution is 6.06. The Balaban J connectivity index is 1.63. The number of benzene rings is 1. The van der Waals surface area contributed by atoms with Crippen LogP contribution in [-0.2, 0) is 19.4 Å². The predicted octanol–water partition coefficient (Wildman–Crippen LogP) is 3.58. The topological polar surface area (TPSA) is 102 Å². The molecule has 29 heavy (non-hydrogen) atoms. The number of fused-ring (bicyclic) bond motifs is 1. The van der Waals surface area contributed by atoms with Gasteiger partial charge in [0.2, 0.25) is 0 Å². The highest BCUT2D eigenvalue weighted by atomic mass is 16.5. The average Bonchev–Trinajstić information content (AvgIpc) is 3.32. The molecule has 8 heteroatoms. The Morgan fingerprint density at radius 1 is 1.17 bits per heavy atom. The molecule has 0 bridgehead atoms. The largest absolute Gasteiger partial charge is 0.360 e. The summed E-state index contributed by atoms with van der Waals surface area (Å²) in [7, 11) is 0. The molecule has 1 aliphatic rings. The van der Waals surface area contributed by atoms with Crippen molar-refractivity contribution in [1.82, 2.24) is 14.7 Å². The van der Waals surface area contributed by atoms with Gasteiger partial charge in [-0.25, -0.2) is 4.98 Å². The van der Waals surface area contributed by atoms with E-state index in [0.717, 1.165) is 36.2 Å². The number of aryl methyl sites for hydroxylation is 2. The van der Waals surface area contributed by atoms with Crippen LogP contribution in [0.25, 0.3) is 0 Å². The fourth-order valence-electron chi connectivity index (χ4n) is 3.63. The Morgan fingerprint density at radius 2 is 2.00 bits per heavy atom. The van der Waals surface area contributed by atoms with E-state index in [9.17, 15) is 9.59 Å². The second-order valence-electron chi connectivity index (χ2n) is 7.08. The lowest BCUT2D eigenvalue weighted by molar-refractivity contribution is 0.101. The normalized spacial score (nSPS) is 13.0. The number of carbonyl (C=O) groups is 2. The Bertz CT molecular complexity index is 1070. The zero-order valence-corrected chi connectivity index (χ0v) is 16.5. The van der Waals surface area contributed by atoms with Crippen LogP contribution in [0.1, 0.15) is 57.9 Å². The minimum Gasteiger partial charge on any atom is -0.360 e. The van der Waals surface area contributed by atoms with Crippen LogP contribution in [0.4, 0.5) is 11.5 Å². The van der Waals surface area contributed by atoms with Gasteiger partial charge in [0.05, 0.1) is 5.69 Å². The highest BCUT2D eigenvalue weighted by Crippen LogP contribution is 2.24. The van der Waals surface area contributed by atoms with Crippen LogP contribution in [0.5, 0.6) is 0 Å². The van der Waals surface area contributed by atoms with Crippen LogP contribution in [0, 0.1) is 6.92 Å². The molecule has 0 atom stereocenters. The molecule has 0 unspecified atom stereocenters. The van der Waals surface area contributed by atoms with E-state index < -0.39 is 5.91 Å². The molecule has 0 spiro atoms. The van der Waals surface area contributed by atoms with Crippen molar-refractivity contribution in [2.24, 2.45) is 0 Å². The number of anilines is 2. The summed E-state index contributed by atoms with van der Waals surface area (Å²) in [6.07, 6.45) is 3.40. The lowest BCUT2D eigenvalue weighted by Crippen LogP contribution is -2.22. The Kier molecular flexibility index (Phi) is 5.16. The SMILES string of the molecule is CCc1ccccc1NC(=O)c1nc(C(=O)Nc2cc(C)on2)c2n1CCCC2. The summed E-state index contributed by atoms with van der Waals surface area (Å²) in [5.41, 5.74) is 2.85. The maximum atomic E-state index is 13.0. The van der Waals surface area contributed by atoms with Crippen molar-refractivity contribution in [3.05, 3.63) is 58.9 Å². The molecular weight excluding hydrogens is 370 g/mol. The molecular formula is C21H23N5O3. The average molecular weight is 393 g/mol. The summed E-state index contributed by atoms with van der Waals surface area (Å²) in [6.45, 7) is 4.45. The van der Waals surface area contributed by atoms with Gasteiger partial charge in [-0.1, -0.05) is 30.3 Å². The lowest BCUT2D eigenvalue weighted by atomic mass is 10.1. The van der Waals surface area contributed by atoms with Gasteiger partial charge in [-0.15, -0.1) is 0 Å². The van der Waals surface area contributed by atoms with Crippen molar-refractivity contribution < 1.29 is 14.1 Å². The molecule has 8 nitrogen and oxygen atoms in total. The number of aromatic nitrogens is 3. The first kappa shape index (κ1) is 18.9. The van der Waals surface area contributed by atoms with E-state index in [1.165, 1.54) is 0 Å². The van der Waals surface area contributed by atoms with Gasteiger partial charge in [0.25, 0.3) is 11.8 Å². The van der Waals surface area contributed by atoms with Crippen LogP contribution < -0.4 is 10.6 Å². The minimum absolute atomic E-state index is 0.257. The minimum atomic E-state index is -0.392. The van der Waals surface area contributed by atoms with Crippen molar-refractivity contribution >= 4 is 23.3 Å². The number of carbonyl (C=O) groups excluding carboxylic acids is 2. The predicted molar refractivity (Wildman–Crippen MR) is 108 cm³/mol. The first-order chi connectivity index (χ1) is 14.1. The zero-order chi connectivity index (χ0) is 20.4. The second-order valence-corrected chi connectivity index (χ2v) is 7.08. The maximum Gasteiger partial charge on any atom is 0.291 e. The molecule has 2 N–H and O–H groups in total. The van der Waals surface area contributed by atoms with E-state index in [-0.39, 0.29) is 17.4 Å². The standard InChI is InChI=1S/C21H23N5O3/c1-3-14-8-4-5-9-15(14)22-21(28)19-24-18(16-10-6-7-11-26(16)19)20(27)23-17-12-13(2)29-25-17/h4-5,8-9,12H,3,6-7,10-11H2,1-2H3,(H,22,28)(H,23,25,27). The number of para-hydroxylation sites is 1. The van der Waals surface area contributed by atoms with Crippen LogP contribution >= 0.6 is 0 Å². The van der Waals surface area contributed by atoms with E-state index in [1.54, 1.807) is 13.0 Å². The molecule has 3 aromatic rings. The van der Waals surface area contributed by atoms with Crippen LogP contribution in [-0.4, -0.2) is 26.5 Å². The molecule has 0 saturated heterocycles. The first-order valence-corrected chi connectivity index (χ1v) is 9.80. The fourth-order valence-corrected chi connectivity index (χ4v) is 3.63. The Hall–Kier alpha value is -3.42. The summed E-state index contributed by atoms with van der Waals surface area (Å²) >= 11 is 0. The van der Waals surface area contributed by atoms with Crippen molar-refractivity contribution in [2.75, 3.05) is 10.6 Å². The van der Waals surface area contributed by atoms with Gasteiger partial charge >= 0.3 is 0 Å². The number of imidazole rings is 1. The van der Waals surface area contributed by atoms with E-state index >= 15 is 0 Å². The molecule has 1 aliphatic heterocycles. The van der Waals surface area contributed by atoms with Crippen molar-refractivity contribution in [1.29, 1.82) is 0 Å². The third-order valence-electron chi connectivity index (χ3n) is 5.05. The van der Waals surface area contributed by atoms with Gasteiger partial charge in [-0.3, -0.25) is 9.59 Å². The molecule has 1 aromatic carbocycles. The van der Waals surface area contributed by atoms with Crippen molar-refractivity contribution in [3.63, 3.8) is 0 Å². The number of nitrogens with one attached hydrogen (secondary N) is 2. The van der Waals surface area contributed by atoms with Gasteiger partial charge in [0.1, 0.15) is 5.76 Å². The van der Waals surface area contributed by atoms with Crippen LogP contribution in [0.2, 0.25) is 0 Å². The molecule has 150 valence electrons. The summed E-state index contributed by atoms with van der Waals surface area (Å²) in [6, 6.07) is 9.32. The zero-order valence-electron chi connectivity index (χ0n) is 16.5. The molecule has 3 heterocycles. The smallest absolute Gasteiger partial charge is 0.291 e. The van der Waals surface area contributed by atoms with E-state index in [1.807, 2.05) is 35.8 Å². The molecule has 0 radical (unpaired) electrons. The number of hydrogen-bond donors (Lipinski definition) is 2. The first-order valence-electron chi connectivity index (χ1n) is 9.80. The van der Waals surface area contributed by atoms with Crippen molar-refractivity contribution in [2.45, 2.75) is 46.1 Å². The lowest BCUT2D eigenvalue weighted by Gasteiger charge is -2.17. The number of hydrogen-bond acceptors (Lipinski definition) is 5. The van der Waals surface area contributed by atoms with E-state index in [4.69, 9.17) is 4.52 Å². The fraction of sp³-hybridized carbons (Fsp3) is 0.333. The van der Waals surface area contributed by atoms with Crippen molar-refractivity contribution in [3.8, 4) is 0 Å². The number of rotatable bonds is 5. The monoisotopic (exact) mass is 393 g/mol. The van der Waals surface area contributed by atoms with Gasteiger partial charge in [-0.05, 0) is 44.2 Å². The van der Waals surface area contributed by atoms with Crippen LogP contribution in [0.15, 0.2) is 34.9 Å². The maximum absolute atomic E-state index is 13.0. The van der Waals surface area contributed by atoms with Gasteiger partial charge in [0, 0.05) is 18.3 Å². The summed E-state index contributed by atoms with van der Waals surface area (Å²) in [5, 5.41) is 9.44. The molecule has 0 aliphatic carbocycles. The molecule has 4 rings (SSSR count). The molecule has 2 amide bonds. The third-order valence-corrected chi connectivity index (χ3v) is 5.05. The summed E-state index contributed by atoms with van der Waals surface area (Å²) < 4.78 is 6.85. The third kappa shape index (κ3) is 3.78. The Morgan fingerprint density at radius 3 is 2.76 bits per heavy atom. The molecule has 2 aromatic heterocycles. The van der Waals surface area contributed by atoms with Gasteiger partial charge < -0.3 is 19.7 Å². The Labute approximate surface area is 168 Å². The number of nitrogens with zero attached hydrogens (tertiary/aromatic N) is 3. The quantitative estimate of drug-likeness (QED) is 0.690. The van der Waals surface area contributed by atoms with E-state index in [0.29, 0.717) is 24.5 Å². The summed E-state index contributed by atoms with van der Waals surface area (Å²) in [4.78, 5) is 30.2. The summed E-state index contributed by atoms with van der Waals surface area (Å²) in [5.74, 6) is 0.476. The molecule has 0 fully saturated rings. The number of amides is 2. The van der Waals surface area contributed by atoms with E-state index in [2.05, 4.69) is 20.8 Å². The van der Waals surface area contributed by atoms with Crippen LogP contribution in [0.3, 0.4) is 0 Å². The molecule has 0 saturated carbocycles. The van der Waals surface area contributed by atoms with Gasteiger partial charge in [-0.2, -0.15) is 0 Å². The second kappa shape index (κ2) is 7.90.